The molecular formula is C14H14N6S. The quantitative estimate of drug-likeness (QED) is 0.741. The Hall–Kier alpha value is -2.17. The Kier molecular flexibility index (Phi) is 2.98. The van der Waals surface area contributed by atoms with E-state index in [9.17, 15) is 0 Å². The van der Waals surface area contributed by atoms with Gasteiger partial charge >= 0.3 is 0 Å². The Morgan fingerprint density at radius 3 is 3.19 bits per heavy atom. The number of nitrogens with zero attached hydrogens (tertiary/aromatic N) is 6. The Balaban J connectivity index is 1.44. The second-order valence-corrected chi connectivity index (χ2v) is 6.20. The number of nitriles is 1. The van der Waals surface area contributed by atoms with Crippen molar-refractivity contribution in [2.45, 2.75) is 19.0 Å². The maximum Gasteiger partial charge on any atom is 0.193 e. The van der Waals surface area contributed by atoms with E-state index >= 15 is 0 Å². The summed E-state index contributed by atoms with van der Waals surface area (Å²) < 4.78 is 3.99. The van der Waals surface area contributed by atoms with Gasteiger partial charge in [-0.05, 0) is 6.42 Å². The van der Waals surface area contributed by atoms with Crippen molar-refractivity contribution in [1.82, 2.24) is 24.1 Å². The molecule has 0 saturated carbocycles. The maximum absolute atomic E-state index is 8.87. The monoisotopic (exact) mass is 298 g/mol. The van der Waals surface area contributed by atoms with Crippen molar-refractivity contribution in [3.8, 4) is 6.07 Å². The highest BCUT2D eigenvalue weighted by Gasteiger charge is 2.25. The van der Waals surface area contributed by atoms with Crippen LogP contribution in [-0.4, -0.2) is 37.2 Å². The van der Waals surface area contributed by atoms with Gasteiger partial charge in [-0.15, -0.1) is 11.3 Å². The Bertz CT molecular complexity index is 778. The summed E-state index contributed by atoms with van der Waals surface area (Å²) in [5.41, 5.74) is 1.74. The van der Waals surface area contributed by atoms with Crippen molar-refractivity contribution < 1.29 is 0 Å². The van der Waals surface area contributed by atoms with Crippen molar-refractivity contribution >= 4 is 16.3 Å². The summed E-state index contributed by atoms with van der Waals surface area (Å²) in [5.74, 6) is 0. The van der Waals surface area contributed by atoms with Crippen LogP contribution in [-0.2, 0) is 6.54 Å². The lowest BCUT2D eigenvalue weighted by atomic mass is 10.3. The van der Waals surface area contributed by atoms with Gasteiger partial charge < -0.3 is 0 Å². The third kappa shape index (κ3) is 2.33. The summed E-state index contributed by atoms with van der Waals surface area (Å²) in [5, 5.41) is 15.2. The fourth-order valence-electron chi connectivity index (χ4n) is 2.85. The fraction of sp³-hybridized carbons (Fsp3) is 0.357. The summed E-state index contributed by atoms with van der Waals surface area (Å²) in [7, 11) is 0. The number of fused-ring (bicyclic) bond motifs is 1. The van der Waals surface area contributed by atoms with E-state index in [0.29, 0.717) is 11.6 Å². The molecule has 7 heteroatoms. The fourth-order valence-corrected chi connectivity index (χ4v) is 3.57. The van der Waals surface area contributed by atoms with Gasteiger partial charge in [-0.1, -0.05) is 0 Å². The summed E-state index contributed by atoms with van der Waals surface area (Å²) in [6.07, 6.45) is 8.67. The minimum atomic E-state index is 0.357. The lowest BCUT2D eigenvalue weighted by Crippen LogP contribution is -2.21. The molecule has 0 bridgehead atoms. The van der Waals surface area contributed by atoms with Crippen LogP contribution in [0.5, 0.6) is 0 Å². The highest BCUT2D eigenvalue weighted by molar-refractivity contribution is 7.15. The van der Waals surface area contributed by atoms with Crippen LogP contribution in [0, 0.1) is 11.3 Å². The zero-order valence-corrected chi connectivity index (χ0v) is 12.2. The van der Waals surface area contributed by atoms with Gasteiger partial charge in [0.25, 0.3) is 0 Å². The molecule has 4 rings (SSSR count). The lowest BCUT2D eigenvalue weighted by Gasteiger charge is -2.14. The molecule has 106 valence electrons. The van der Waals surface area contributed by atoms with Crippen LogP contribution in [0.4, 0.5) is 0 Å². The Morgan fingerprint density at radius 1 is 1.43 bits per heavy atom. The first-order valence-corrected chi connectivity index (χ1v) is 7.77. The predicted molar refractivity (Wildman–Crippen MR) is 78.9 cm³/mol. The molecule has 1 aliphatic rings. The van der Waals surface area contributed by atoms with Gasteiger partial charge in [-0.2, -0.15) is 10.4 Å². The molecule has 0 N–H and O–H groups in total. The van der Waals surface area contributed by atoms with E-state index in [2.05, 4.69) is 31.6 Å². The number of aromatic nitrogens is 4. The van der Waals surface area contributed by atoms with Crippen LogP contribution in [0.2, 0.25) is 0 Å². The van der Waals surface area contributed by atoms with Gasteiger partial charge in [-0.3, -0.25) is 14.0 Å². The number of likely N-dealkylation sites (tertiary alicyclic amines) is 1. The van der Waals surface area contributed by atoms with Crippen LogP contribution < -0.4 is 0 Å². The molecule has 0 radical (unpaired) electrons. The van der Waals surface area contributed by atoms with E-state index in [-0.39, 0.29) is 0 Å². The van der Waals surface area contributed by atoms with Gasteiger partial charge in [0.05, 0.1) is 23.5 Å². The molecule has 3 aromatic heterocycles. The molecule has 0 amide bonds. The highest BCUT2D eigenvalue weighted by Crippen LogP contribution is 2.23. The average Bonchev–Trinajstić information content (AvgIpc) is 3.21. The molecule has 21 heavy (non-hydrogen) atoms. The van der Waals surface area contributed by atoms with Crippen molar-refractivity contribution in [1.29, 1.82) is 5.26 Å². The normalized spacial score (nSPS) is 19.3. The van der Waals surface area contributed by atoms with Crippen molar-refractivity contribution in [2.24, 2.45) is 0 Å². The van der Waals surface area contributed by atoms with Gasteiger partial charge in [0.2, 0.25) is 0 Å². The number of rotatable bonds is 3. The molecule has 0 aromatic carbocycles. The minimum absolute atomic E-state index is 0.357. The van der Waals surface area contributed by atoms with E-state index in [1.54, 1.807) is 17.5 Å². The summed E-state index contributed by atoms with van der Waals surface area (Å²) in [6, 6.07) is 2.48. The third-order valence-corrected chi connectivity index (χ3v) is 4.65. The van der Waals surface area contributed by atoms with Gasteiger partial charge in [0.15, 0.2) is 4.96 Å². The van der Waals surface area contributed by atoms with Crippen LogP contribution in [0.25, 0.3) is 4.96 Å². The van der Waals surface area contributed by atoms with E-state index in [1.807, 2.05) is 22.5 Å². The predicted octanol–water partition coefficient (Wildman–Crippen LogP) is 1.91. The highest BCUT2D eigenvalue weighted by atomic mass is 32.1. The molecular weight excluding hydrogens is 284 g/mol. The van der Waals surface area contributed by atoms with Gasteiger partial charge in [0.1, 0.15) is 6.07 Å². The maximum atomic E-state index is 8.87. The average molecular weight is 298 g/mol. The zero-order valence-electron chi connectivity index (χ0n) is 11.4. The van der Waals surface area contributed by atoms with Gasteiger partial charge in [-0.25, -0.2) is 4.98 Å². The van der Waals surface area contributed by atoms with Crippen molar-refractivity contribution in [2.75, 3.05) is 13.1 Å². The topological polar surface area (TPSA) is 62.2 Å². The van der Waals surface area contributed by atoms with E-state index in [1.165, 1.54) is 0 Å². The summed E-state index contributed by atoms with van der Waals surface area (Å²) >= 11 is 1.66. The standard InChI is InChI=1S/C14H14N6S/c15-5-11-6-16-20(7-11)13-1-2-18(10-13)8-12-9-19-3-4-21-14(19)17-12/h3-4,6-7,9,13H,1-2,8,10H2. The first-order valence-electron chi connectivity index (χ1n) is 6.89. The Labute approximate surface area is 125 Å². The Morgan fingerprint density at radius 2 is 2.38 bits per heavy atom. The van der Waals surface area contributed by atoms with E-state index in [0.717, 1.165) is 36.7 Å². The van der Waals surface area contributed by atoms with Crippen molar-refractivity contribution in [3.05, 3.63) is 41.4 Å². The number of thiazole rings is 1. The van der Waals surface area contributed by atoms with Crippen molar-refractivity contribution in [3.63, 3.8) is 0 Å². The van der Waals surface area contributed by atoms with Crippen LogP contribution >= 0.6 is 11.3 Å². The van der Waals surface area contributed by atoms with E-state index < -0.39 is 0 Å². The molecule has 1 saturated heterocycles. The number of hydrogen-bond acceptors (Lipinski definition) is 5. The molecule has 3 aromatic rings. The largest absolute Gasteiger partial charge is 0.297 e. The molecule has 1 fully saturated rings. The lowest BCUT2D eigenvalue weighted by molar-refractivity contribution is 0.308. The van der Waals surface area contributed by atoms with Crippen LogP contribution in [0.15, 0.2) is 30.2 Å². The third-order valence-electron chi connectivity index (χ3n) is 3.88. The number of imidazole rings is 1. The SMILES string of the molecule is N#Cc1cnn(C2CCN(Cc3cn4ccsc4n3)C2)c1. The minimum Gasteiger partial charge on any atom is -0.297 e. The molecule has 1 unspecified atom stereocenters. The molecule has 6 nitrogen and oxygen atoms in total. The van der Waals surface area contributed by atoms with Gasteiger partial charge in [0, 0.05) is 43.6 Å². The van der Waals surface area contributed by atoms with Crippen LogP contribution in [0.1, 0.15) is 23.7 Å². The number of hydrogen-bond donors (Lipinski definition) is 0. The second kappa shape index (κ2) is 4.98. The first kappa shape index (κ1) is 12.6. The molecule has 4 heterocycles. The molecule has 1 atom stereocenters. The zero-order chi connectivity index (χ0) is 14.2. The second-order valence-electron chi connectivity index (χ2n) is 5.32. The molecule has 0 aliphatic carbocycles. The van der Waals surface area contributed by atoms with Crippen LogP contribution in [0.3, 0.4) is 0 Å². The summed E-state index contributed by atoms with van der Waals surface area (Å²) in [4.78, 5) is 8.07. The first-order chi connectivity index (χ1) is 10.3. The molecule has 1 aliphatic heterocycles. The summed E-state index contributed by atoms with van der Waals surface area (Å²) in [6.45, 7) is 2.87. The van der Waals surface area contributed by atoms with E-state index in [4.69, 9.17) is 5.26 Å². The molecule has 0 spiro atoms. The smallest absolute Gasteiger partial charge is 0.193 e.